The van der Waals surface area contributed by atoms with E-state index in [1.165, 1.54) is 16.7 Å². The van der Waals surface area contributed by atoms with Gasteiger partial charge in [-0.1, -0.05) is 25.1 Å². The minimum Gasteiger partial charge on any atom is -0.389 e. The molecular formula is C17H25NOS. The number of fused-ring (bicyclic) bond motifs is 1. The van der Waals surface area contributed by atoms with Gasteiger partial charge in [0.25, 0.3) is 0 Å². The number of nitrogens with one attached hydrogen (secondary N) is 1. The molecule has 1 aliphatic heterocycles. The maximum absolute atomic E-state index is 10.6. The molecule has 2 atom stereocenters. The zero-order chi connectivity index (χ0) is 14.2. The molecule has 0 amide bonds. The Morgan fingerprint density at radius 3 is 2.85 bits per heavy atom. The van der Waals surface area contributed by atoms with Gasteiger partial charge in [-0.15, -0.1) is 0 Å². The van der Waals surface area contributed by atoms with Gasteiger partial charge in [0.2, 0.25) is 0 Å². The van der Waals surface area contributed by atoms with Crippen LogP contribution in [-0.2, 0) is 0 Å². The molecule has 3 heteroatoms. The number of rotatable bonds is 3. The van der Waals surface area contributed by atoms with Gasteiger partial charge in [-0.25, -0.2) is 0 Å². The highest BCUT2D eigenvalue weighted by atomic mass is 32.2. The third kappa shape index (κ3) is 2.76. The number of aryl methyl sites for hydroxylation is 1. The second-order valence-electron chi connectivity index (χ2n) is 6.48. The topological polar surface area (TPSA) is 32.3 Å². The standard InChI is InChI=1S/C17H25NOS/c1-12-4-3-5-14-15(10-13(2)16(12)14)18-11-17(19)6-8-20-9-7-17/h3-5,13,15,18-19H,6-11H2,1-2H3. The normalized spacial score (nSPS) is 28.4. The van der Waals surface area contributed by atoms with Crippen molar-refractivity contribution >= 4 is 11.8 Å². The molecule has 2 nitrogen and oxygen atoms in total. The Bertz CT molecular complexity index is 482. The quantitative estimate of drug-likeness (QED) is 0.895. The van der Waals surface area contributed by atoms with Crippen LogP contribution in [0.15, 0.2) is 18.2 Å². The highest BCUT2D eigenvalue weighted by Gasteiger charge is 2.33. The third-order valence-corrected chi connectivity index (χ3v) is 5.90. The molecular weight excluding hydrogens is 266 g/mol. The number of thioether (sulfide) groups is 1. The summed E-state index contributed by atoms with van der Waals surface area (Å²) in [5, 5.41) is 14.3. The third-order valence-electron chi connectivity index (χ3n) is 4.92. The Morgan fingerprint density at radius 2 is 2.10 bits per heavy atom. The molecule has 0 aromatic heterocycles. The first kappa shape index (κ1) is 14.4. The Labute approximate surface area is 126 Å². The van der Waals surface area contributed by atoms with E-state index < -0.39 is 5.60 Å². The molecule has 1 fully saturated rings. The van der Waals surface area contributed by atoms with E-state index in [0.29, 0.717) is 12.0 Å². The fourth-order valence-electron chi connectivity index (χ4n) is 3.71. The molecule has 0 radical (unpaired) electrons. The van der Waals surface area contributed by atoms with Crippen LogP contribution in [0.25, 0.3) is 0 Å². The first-order chi connectivity index (χ1) is 9.59. The lowest BCUT2D eigenvalue weighted by molar-refractivity contribution is 0.0294. The second-order valence-corrected chi connectivity index (χ2v) is 7.71. The minimum atomic E-state index is -0.485. The molecule has 2 unspecified atom stereocenters. The van der Waals surface area contributed by atoms with Crippen molar-refractivity contribution in [3.8, 4) is 0 Å². The molecule has 20 heavy (non-hydrogen) atoms. The van der Waals surface area contributed by atoms with Crippen LogP contribution >= 0.6 is 11.8 Å². The minimum absolute atomic E-state index is 0.415. The van der Waals surface area contributed by atoms with Crippen molar-refractivity contribution in [2.45, 2.75) is 50.7 Å². The molecule has 2 N–H and O–H groups in total. The summed E-state index contributed by atoms with van der Waals surface area (Å²) in [5.41, 5.74) is 3.90. The van der Waals surface area contributed by atoms with Gasteiger partial charge in [-0.3, -0.25) is 0 Å². The lowest BCUT2D eigenvalue weighted by Crippen LogP contribution is -2.44. The SMILES string of the molecule is Cc1cccc2c1C(C)CC2NCC1(O)CCSCC1. The Morgan fingerprint density at radius 1 is 1.35 bits per heavy atom. The van der Waals surface area contributed by atoms with Crippen LogP contribution in [0, 0.1) is 6.92 Å². The second kappa shape index (κ2) is 5.70. The van der Waals surface area contributed by atoms with E-state index in [9.17, 15) is 5.11 Å². The predicted molar refractivity (Wildman–Crippen MR) is 86.5 cm³/mol. The van der Waals surface area contributed by atoms with Gasteiger partial charge in [0.15, 0.2) is 0 Å². The zero-order valence-electron chi connectivity index (χ0n) is 12.5. The molecule has 0 spiro atoms. The van der Waals surface area contributed by atoms with Crippen molar-refractivity contribution in [2.75, 3.05) is 18.1 Å². The molecule has 3 rings (SSSR count). The number of benzene rings is 1. The maximum atomic E-state index is 10.6. The van der Waals surface area contributed by atoms with E-state index in [2.05, 4.69) is 37.4 Å². The predicted octanol–water partition coefficient (Wildman–Crippen LogP) is 3.39. The summed E-state index contributed by atoms with van der Waals surface area (Å²) >= 11 is 1.96. The van der Waals surface area contributed by atoms with Crippen LogP contribution < -0.4 is 5.32 Å². The van der Waals surface area contributed by atoms with Crippen molar-refractivity contribution in [1.82, 2.24) is 5.32 Å². The van der Waals surface area contributed by atoms with Gasteiger partial charge in [0, 0.05) is 12.6 Å². The molecule has 0 saturated carbocycles. The fraction of sp³-hybridized carbons (Fsp3) is 0.647. The number of hydrogen-bond acceptors (Lipinski definition) is 3. The van der Waals surface area contributed by atoms with Gasteiger partial charge < -0.3 is 10.4 Å². The molecule has 1 aromatic rings. The van der Waals surface area contributed by atoms with Crippen LogP contribution in [0.3, 0.4) is 0 Å². The average molecular weight is 291 g/mol. The molecule has 2 aliphatic rings. The lowest BCUT2D eigenvalue weighted by atomic mass is 9.96. The Hall–Kier alpha value is -0.510. The first-order valence-corrected chi connectivity index (χ1v) is 8.87. The van der Waals surface area contributed by atoms with Gasteiger partial charge in [0.05, 0.1) is 5.60 Å². The van der Waals surface area contributed by atoms with Gasteiger partial charge in [-0.05, 0) is 60.3 Å². The summed E-state index contributed by atoms with van der Waals surface area (Å²) in [6.45, 7) is 5.27. The van der Waals surface area contributed by atoms with E-state index in [-0.39, 0.29) is 0 Å². The molecule has 1 saturated heterocycles. The van der Waals surface area contributed by atoms with E-state index in [0.717, 1.165) is 37.3 Å². The van der Waals surface area contributed by atoms with E-state index in [1.807, 2.05) is 11.8 Å². The summed E-state index contributed by atoms with van der Waals surface area (Å²) in [7, 11) is 0. The van der Waals surface area contributed by atoms with Gasteiger partial charge in [-0.2, -0.15) is 11.8 Å². The lowest BCUT2D eigenvalue weighted by Gasteiger charge is -2.33. The van der Waals surface area contributed by atoms with Crippen molar-refractivity contribution in [2.24, 2.45) is 0 Å². The molecule has 0 bridgehead atoms. The van der Waals surface area contributed by atoms with Crippen LogP contribution in [0.4, 0.5) is 0 Å². The monoisotopic (exact) mass is 291 g/mol. The summed E-state index contributed by atoms with van der Waals surface area (Å²) in [6.07, 6.45) is 3.01. The van der Waals surface area contributed by atoms with Gasteiger partial charge >= 0.3 is 0 Å². The van der Waals surface area contributed by atoms with Crippen LogP contribution in [0.5, 0.6) is 0 Å². The summed E-state index contributed by atoms with van der Waals surface area (Å²) in [4.78, 5) is 0. The number of aliphatic hydroxyl groups is 1. The molecule has 1 aliphatic carbocycles. The highest BCUT2D eigenvalue weighted by Crippen LogP contribution is 2.41. The summed E-state index contributed by atoms with van der Waals surface area (Å²) < 4.78 is 0. The summed E-state index contributed by atoms with van der Waals surface area (Å²) in [5.74, 6) is 2.81. The van der Waals surface area contributed by atoms with Crippen LogP contribution in [0.2, 0.25) is 0 Å². The van der Waals surface area contributed by atoms with Crippen molar-refractivity contribution in [3.05, 3.63) is 34.9 Å². The Balaban J connectivity index is 1.70. The maximum Gasteiger partial charge on any atom is 0.0787 e. The van der Waals surface area contributed by atoms with Crippen molar-refractivity contribution < 1.29 is 5.11 Å². The zero-order valence-corrected chi connectivity index (χ0v) is 13.3. The van der Waals surface area contributed by atoms with E-state index in [1.54, 1.807) is 0 Å². The van der Waals surface area contributed by atoms with Crippen LogP contribution in [-0.4, -0.2) is 28.8 Å². The largest absolute Gasteiger partial charge is 0.389 e. The van der Waals surface area contributed by atoms with Crippen molar-refractivity contribution in [1.29, 1.82) is 0 Å². The van der Waals surface area contributed by atoms with E-state index >= 15 is 0 Å². The molecule has 110 valence electrons. The fourth-order valence-corrected chi connectivity index (χ4v) is 4.97. The van der Waals surface area contributed by atoms with E-state index in [4.69, 9.17) is 0 Å². The first-order valence-electron chi connectivity index (χ1n) is 7.72. The van der Waals surface area contributed by atoms with Crippen LogP contribution in [0.1, 0.15) is 54.8 Å². The highest BCUT2D eigenvalue weighted by molar-refractivity contribution is 7.99. The Kier molecular flexibility index (Phi) is 4.11. The van der Waals surface area contributed by atoms with Crippen molar-refractivity contribution in [3.63, 3.8) is 0 Å². The average Bonchev–Trinajstić information content (AvgIpc) is 2.76. The summed E-state index contributed by atoms with van der Waals surface area (Å²) in [6, 6.07) is 7.04. The molecule has 1 aromatic carbocycles. The number of hydrogen-bond donors (Lipinski definition) is 2. The molecule has 1 heterocycles. The van der Waals surface area contributed by atoms with Gasteiger partial charge in [0.1, 0.15) is 0 Å². The smallest absolute Gasteiger partial charge is 0.0787 e.